The zero-order chi connectivity index (χ0) is 22.2. The Morgan fingerprint density at radius 1 is 0.871 bits per heavy atom. The zero-order valence-electron chi connectivity index (χ0n) is 18.0. The predicted molar refractivity (Wildman–Crippen MR) is 121 cm³/mol. The molecule has 1 N–H and O–H groups in total. The second-order valence-electron chi connectivity index (χ2n) is 7.25. The van der Waals surface area contributed by atoms with Crippen LogP contribution in [0.5, 0.6) is 0 Å². The van der Waals surface area contributed by atoms with Gasteiger partial charge in [-0.05, 0) is 27.4 Å². The lowest BCUT2D eigenvalue weighted by Gasteiger charge is -2.17. The molecule has 0 spiro atoms. The van der Waals surface area contributed by atoms with Gasteiger partial charge in [0, 0.05) is 20.6 Å². The topological polar surface area (TPSA) is 73.9 Å². The summed E-state index contributed by atoms with van der Waals surface area (Å²) in [6, 6.07) is 20.6. The fraction of sp³-hybridized carbons (Fsp3) is 0.250. The fourth-order valence-electron chi connectivity index (χ4n) is 3.53. The molecule has 0 fully saturated rings. The lowest BCUT2D eigenvalue weighted by atomic mass is 9.78. The number of esters is 1. The smallest absolute Gasteiger partial charge is 0.467 e. The first-order valence-electron chi connectivity index (χ1n) is 10.0. The van der Waals surface area contributed by atoms with E-state index in [1.165, 1.54) is 7.11 Å². The highest BCUT2D eigenvalue weighted by molar-refractivity contribution is 6.61. The van der Waals surface area contributed by atoms with E-state index in [0.29, 0.717) is 6.42 Å². The van der Waals surface area contributed by atoms with Gasteiger partial charge >= 0.3 is 13.1 Å². The third-order valence-corrected chi connectivity index (χ3v) is 5.12. The summed E-state index contributed by atoms with van der Waals surface area (Å²) < 4.78 is 15.4. The largest absolute Gasteiger partial charge is 0.493 e. The van der Waals surface area contributed by atoms with Gasteiger partial charge in [0.25, 0.3) is 0 Å². The number of benzene rings is 3. The Labute approximate surface area is 182 Å². The van der Waals surface area contributed by atoms with Crippen LogP contribution in [0.3, 0.4) is 0 Å². The van der Waals surface area contributed by atoms with Gasteiger partial charge in [0.15, 0.2) is 0 Å². The Bertz CT molecular complexity index is 1030. The number of amides is 1. The minimum Gasteiger partial charge on any atom is -0.467 e. The molecule has 0 aromatic heterocycles. The van der Waals surface area contributed by atoms with Gasteiger partial charge in [-0.15, -0.1) is 0 Å². The molecule has 1 atom stereocenters. The Kier molecular flexibility index (Phi) is 7.81. The molecule has 3 aromatic carbocycles. The van der Waals surface area contributed by atoms with E-state index in [2.05, 4.69) is 5.32 Å². The highest BCUT2D eigenvalue weighted by atomic mass is 16.6. The van der Waals surface area contributed by atoms with Crippen molar-refractivity contribution in [3.8, 4) is 0 Å². The zero-order valence-corrected chi connectivity index (χ0v) is 18.0. The first-order chi connectivity index (χ1) is 15.0. The number of nitrogens with one attached hydrogen (secondary N) is 1. The van der Waals surface area contributed by atoms with Crippen molar-refractivity contribution in [2.24, 2.45) is 0 Å². The summed E-state index contributed by atoms with van der Waals surface area (Å²) >= 11 is 0. The minimum atomic E-state index is -0.774. The van der Waals surface area contributed by atoms with Crippen LogP contribution in [0, 0.1) is 0 Å². The van der Waals surface area contributed by atoms with Crippen molar-refractivity contribution in [3.63, 3.8) is 0 Å². The summed E-state index contributed by atoms with van der Waals surface area (Å²) in [5.74, 6) is -0.719. The molecule has 0 saturated carbocycles. The molecule has 3 rings (SSSR count). The molecule has 0 aliphatic carbocycles. The highest BCUT2D eigenvalue weighted by Gasteiger charge is 2.23. The highest BCUT2D eigenvalue weighted by Crippen LogP contribution is 2.16. The van der Waals surface area contributed by atoms with Crippen molar-refractivity contribution < 1.29 is 23.6 Å². The van der Waals surface area contributed by atoms with Crippen molar-refractivity contribution in [2.45, 2.75) is 18.9 Å². The number of hydrogen-bond acceptors (Lipinski definition) is 5. The van der Waals surface area contributed by atoms with E-state index in [1.807, 2.05) is 66.7 Å². The maximum absolute atomic E-state index is 12.6. The van der Waals surface area contributed by atoms with Crippen molar-refractivity contribution in [2.75, 3.05) is 21.3 Å². The van der Waals surface area contributed by atoms with Crippen LogP contribution in [-0.4, -0.2) is 46.4 Å². The molecule has 6 nitrogen and oxygen atoms in total. The molecular weight excluding hydrogens is 393 g/mol. The van der Waals surface area contributed by atoms with Crippen molar-refractivity contribution >= 4 is 35.2 Å². The molecule has 0 bridgehead atoms. The number of hydrogen-bond donors (Lipinski definition) is 1. The van der Waals surface area contributed by atoms with Gasteiger partial charge < -0.3 is 19.4 Å². The third-order valence-electron chi connectivity index (χ3n) is 5.12. The summed E-state index contributed by atoms with van der Waals surface area (Å²) in [7, 11) is 4.00. The summed E-state index contributed by atoms with van der Waals surface area (Å²) in [5, 5.41) is 5.00. The number of carbonyl (C=O) groups excluding carboxylic acids is 2. The number of methoxy groups -OCH3 is 1. The average molecular weight is 419 g/mol. The molecular formula is C24H26BNO5. The van der Waals surface area contributed by atoms with E-state index in [0.717, 1.165) is 27.4 Å². The molecule has 0 aliphatic rings. The summed E-state index contributed by atoms with van der Waals surface area (Å²) in [6.07, 6.45) is 0.502. The van der Waals surface area contributed by atoms with Crippen LogP contribution in [0.2, 0.25) is 0 Å². The van der Waals surface area contributed by atoms with Gasteiger partial charge in [-0.3, -0.25) is 4.79 Å². The van der Waals surface area contributed by atoms with Crippen LogP contribution in [0.1, 0.15) is 11.1 Å². The lowest BCUT2D eigenvalue weighted by Crippen LogP contribution is -2.43. The fourth-order valence-corrected chi connectivity index (χ4v) is 3.53. The van der Waals surface area contributed by atoms with Gasteiger partial charge in [-0.2, -0.15) is 0 Å². The first-order valence-corrected chi connectivity index (χ1v) is 10.0. The van der Waals surface area contributed by atoms with Crippen LogP contribution in [0.25, 0.3) is 10.8 Å². The Balaban J connectivity index is 1.67. The van der Waals surface area contributed by atoms with Gasteiger partial charge in [0.1, 0.15) is 6.04 Å². The maximum Gasteiger partial charge on any atom is 0.493 e. The normalized spacial score (nSPS) is 11.7. The number of ether oxygens (including phenoxy) is 1. The standard InChI is InChI=1S/C24H26BNO5/c1-29-24(28)22(15-17-9-12-21(13-10-17)25(30-2)31-3)26-23(27)16-18-8-11-19-6-4-5-7-20(19)14-18/h4-14,22H,15-16H2,1-3H3,(H,26,27)/t22-/m0/s1. The molecule has 3 aromatic rings. The van der Waals surface area contributed by atoms with E-state index >= 15 is 0 Å². The minimum absolute atomic E-state index is 0.181. The molecule has 0 heterocycles. The Morgan fingerprint density at radius 3 is 2.16 bits per heavy atom. The SMILES string of the molecule is COB(OC)c1ccc(C[C@H](NC(=O)Cc2ccc3ccccc3c2)C(=O)OC)cc1. The number of carbonyl (C=O) groups is 2. The van der Waals surface area contributed by atoms with Gasteiger partial charge in [0.05, 0.1) is 13.5 Å². The van der Waals surface area contributed by atoms with Crippen molar-refractivity contribution in [3.05, 3.63) is 77.9 Å². The first kappa shape index (κ1) is 22.5. The van der Waals surface area contributed by atoms with Crippen LogP contribution < -0.4 is 10.8 Å². The van der Waals surface area contributed by atoms with Crippen molar-refractivity contribution in [1.29, 1.82) is 0 Å². The molecule has 0 aliphatic heterocycles. The van der Waals surface area contributed by atoms with E-state index in [9.17, 15) is 9.59 Å². The monoisotopic (exact) mass is 419 g/mol. The molecule has 31 heavy (non-hydrogen) atoms. The van der Waals surface area contributed by atoms with Crippen LogP contribution in [0.4, 0.5) is 0 Å². The Morgan fingerprint density at radius 2 is 1.52 bits per heavy atom. The van der Waals surface area contributed by atoms with Crippen LogP contribution in [0.15, 0.2) is 66.7 Å². The lowest BCUT2D eigenvalue weighted by molar-refractivity contribution is -0.145. The quantitative estimate of drug-likeness (QED) is 0.426. The maximum atomic E-state index is 12.6. The number of rotatable bonds is 9. The molecule has 7 heteroatoms. The molecule has 0 unspecified atom stereocenters. The van der Waals surface area contributed by atoms with E-state index in [4.69, 9.17) is 14.0 Å². The van der Waals surface area contributed by atoms with Crippen LogP contribution >= 0.6 is 0 Å². The second kappa shape index (κ2) is 10.7. The van der Waals surface area contributed by atoms with Gasteiger partial charge in [-0.25, -0.2) is 4.79 Å². The van der Waals surface area contributed by atoms with E-state index in [-0.39, 0.29) is 12.3 Å². The average Bonchev–Trinajstić information content (AvgIpc) is 2.79. The second-order valence-corrected chi connectivity index (χ2v) is 7.25. The van der Waals surface area contributed by atoms with E-state index in [1.54, 1.807) is 14.2 Å². The number of fused-ring (bicyclic) bond motifs is 1. The summed E-state index contributed by atoms with van der Waals surface area (Å²) in [4.78, 5) is 24.9. The third kappa shape index (κ3) is 5.93. The molecule has 0 saturated heterocycles. The predicted octanol–water partition coefficient (Wildman–Crippen LogP) is 2.27. The van der Waals surface area contributed by atoms with Gasteiger partial charge in [0.2, 0.25) is 5.91 Å². The molecule has 0 radical (unpaired) electrons. The molecule has 160 valence electrons. The van der Waals surface area contributed by atoms with Crippen molar-refractivity contribution in [1.82, 2.24) is 5.32 Å². The molecule has 1 amide bonds. The van der Waals surface area contributed by atoms with E-state index < -0.39 is 19.1 Å². The Hall–Kier alpha value is -3.16. The summed E-state index contributed by atoms with van der Waals surface area (Å²) in [5.41, 5.74) is 2.63. The summed E-state index contributed by atoms with van der Waals surface area (Å²) in [6.45, 7) is 0. The van der Waals surface area contributed by atoms with Crippen LogP contribution in [-0.2, 0) is 36.5 Å². The van der Waals surface area contributed by atoms with Gasteiger partial charge in [-0.1, -0.05) is 66.7 Å².